The molecular weight excluding hydrogens is 312 g/mol. The Morgan fingerprint density at radius 3 is 2.69 bits per heavy atom. The number of halogens is 1. The second-order valence-electron chi connectivity index (χ2n) is 3.98. The number of hydrogen-bond acceptors (Lipinski definition) is 4. The molecule has 1 unspecified atom stereocenters. The molecule has 0 aliphatic carbocycles. The van der Waals surface area contributed by atoms with E-state index in [1.807, 2.05) is 6.92 Å². The molecule has 0 spiro atoms. The molecule has 1 saturated heterocycles. The molecule has 88 valence electrons. The summed E-state index contributed by atoms with van der Waals surface area (Å²) in [7, 11) is -2.98. The van der Waals surface area contributed by atoms with Crippen LogP contribution in [0.3, 0.4) is 0 Å². The lowest BCUT2D eigenvalue weighted by atomic mass is 10.0. The number of rotatable bonds is 2. The first kappa shape index (κ1) is 12.3. The van der Waals surface area contributed by atoms with E-state index in [2.05, 4.69) is 15.9 Å². The molecule has 1 fully saturated rings. The van der Waals surface area contributed by atoms with E-state index < -0.39 is 9.84 Å². The lowest BCUT2D eigenvalue weighted by Gasteiger charge is -2.03. The van der Waals surface area contributed by atoms with Crippen LogP contribution < -0.4 is 0 Å². The smallest absolute Gasteiger partial charge is 0.176 e. The van der Waals surface area contributed by atoms with Gasteiger partial charge in [-0.25, -0.2) is 8.42 Å². The van der Waals surface area contributed by atoms with Gasteiger partial charge in [0.2, 0.25) is 0 Å². The van der Waals surface area contributed by atoms with Crippen molar-refractivity contribution >= 4 is 42.9 Å². The average molecular weight is 323 g/mol. The number of carbonyl (C=O) groups is 1. The number of hydrogen-bond donors (Lipinski definition) is 0. The van der Waals surface area contributed by atoms with Gasteiger partial charge in [0.1, 0.15) is 0 Å². The predicted molar refractivity (Wildman–Crippen MR) is 67.8 cm³/mol. The van der Waals surface area contributed by atoms with Crippen molar-refractivity contribution in [2.75, 3.05) is 11.5 Å². The molecule has 2 heterocycles. The zero-order valence-corrected chi connectivity index (χ0v) is 11.9. The number of sulfone groups is 1. The number of thiophene rings is 1. The van der Waals surface area contributed by atoms with Crippen LogP contribution in [0.4, 0.5) is 0 Å². The molecule has 1 atom stereocenters. The van der Waals surface area contributed by atoms with Crippen LogP contribution in [-0.4, -0.2) is 25.7 Å². The van der Waals surface area contributed by atoms with E-state index in [1.54, 1.807) is 6.07 Å². The van der Waals surface area contributed by atoms with Crippen LogP contribution in [0.25, 0.3) is 0 Å². The van der Waals surface area contributed by atoms with Crippen LogP contribution in [0, 0.1) is 12.8 Å². The van der Waals surface area contributed by atoms with E-state index >= 15 is 0 Å². The standard InChI is InChI=1S/C10H11BrO3S2/c1-6-8(11)4-9(15-6)10(12)7-2-3-16(13,14)5-7/h4,7H,2-3,5H2,1H3. The molecule has 2 rings (SSSR count). The zero-order valence-electron chi connectivity index (χ0n) is 8.70. The Bertz CT molecular complexity index is 511. The Labute approximate surface area is 107 Å². The molecule has 0 radical (unpaired) electrons. The summed E-state index contributed by atoms with van der Waals surface area (Å²) >= 11 is 4.77. The molecule has 1 aromatic heterocycles. The Kier molecular flexibility index (Phi) is 3.25. The third kappa shape index (κ3) is 2.38. The third-order valence-electron chi connectivity index (χ3n) is 2.70. The van der Waals surface area contributed by atoms with Crippen molar-refractivity contribution in [3.63, 3.8) is 0 Å². The SMILES string of the molecule is Cc1sc(C(=O)C2CCS(=O)(=O)C2)cc1Br. The molecule has 1 aromatic rings. The fraction of sp³-hybridized carbons (Fsp3) is 0.500. The molecule has 0 N–H and O–H groups in total. The summed E-state index contributed by atoms with van der Waals surface area (Å²) in [5.74, 6) is -0.204. The first-order chi connectivity index (χ1) is 7.39. The molecule has 6 heteroatoms. The van der Waals surface area contributed by atoms with Crippen LogP contribution in [0.5, 0.6) is 0 Å². The summed E-state index contributed by atoms with van der Waals surface area (Å²) in [4.78, 5) is 13.7. The van der Waals surface area contributed by atoms with E-state index in [0.29, 0.717) is 11.3 Å². The maximum absolute atomic E-state index is 12.0. The topological polar surface area (TPSA) is 51.2 Å². The fourth-order valence-electron chi connectivity index (χ4n) is 1.78. The van der Waals surface area contributed by atoms with Crippen molar-refractivity contribution < 1.29 is 13.2 Å². The lowest BCUT2D eigenvalue weighted by molar-refractivity contribution is 0.0937. The molecule has 16 heavy (non-hydrogen) atoms. The van der Waals surface area contributed by atoms with Gasteiger partial charge in [0.25, 0.3) is 0 Å². The van der Waals surface area contributed by atoms with E-state index in [1.165, 1.54) is 11.3 Å². The quantitative estimate of drug-likeness (QED) is 0.786. The lowest BCUT2D eigenvalue weighted by Crippen LogP contribution is -2.15. The Morgan fingerprint density at radius 1 is 1.56 bits per heavy atom. The van der Waals surface area contributed by atoms with Crippen LogP contribution in [0.15, 0.2) is 10.5 Å². The molecule has 0 bridgehead atoms. The van der Waals surface area contributed by atoms with Crippen molar-refractivity contribution in [1.82, 2.24) is 0 Å². The largest absolute Gasteiger partial charge is 0.293 e. The predicted octanol–water partition coefficient (Wildman–Crippen LogP) is 2.44. The highest BCUT2D eigenvalue weighted by molar-refractivity contribution is 9.10. The minimum atomic E-state index is -2.98. The van der Waals surface area contributed by atoms with E-state index in [-0.39, 0.29) is 23.2 Å². The summed E-state index contributed by atoms with van der Waals surface area (Å²) in [6.07, 6.45) is 0.468. The Balaban J connectivity index is 2.21. The van der Waals surface area contributed by atoms with Gasteiger partial charge >= 0.3 is 0 Å². The zero-order chi connectivity index (χ0) is 11.9. The number of aryl methyl sites for hydroxylation is 1. The van der Waals surface area contributed by atoms with Crippen LogP contribution >= 0.6 is 27.3 Å². The van der Waals surface area contributed by atoms with Crippen molar-refractivity contribution in [2.45, 2.75) is 13.3 Å². The second kappa shape index (κ2) is 4.23. The fourth-order valence-corrected chi connectivity index (χ4v) is 5.08. The van der Waals surface area contributed by atoms with Gasteiger partial charge in [-0.1, -0.05) is 0 Å². The van der Waals surface area contributed by atoms with E-state index in [9.17, 15) is 13.2 Å². The minimum absolute atomic E-state index is 0.0143. The summed E-state index contributed by atoms with van der Waals surface area (Å²) < 4.78 is 23.5. The number of ketones is 1. The van der Waals surface area contributed by atoms with Gasteiger partial charge < -0.3 is 0 Å². The van der Waals surface area contributed by atoms with Gasteiger partial charge in [-0.15, -0.1) is 11.3 Å². The molecule has 3 nitrogen and oxygen atoms in total. The van der Waals surface area contributed by atoms with Gasteiger partial charge in [-0.3, -0.25) is 4.79 Å². The summed E-state index contributed by atoms with van der Waals surface area (Å²) in [6.45, 7) is 1.93. The first-order valence-electron chi connectivity index (χ1n) is 4.89. The number of Topliss-reactive ketones (excluding diaryl/α,β-unsaturated/α-hetero) is 1. The van der Waals surface area contributed by atoms with Crippen LogP contribution in [0.2, 0.25) is 0 Å². The Morgan fingerprint density at radius 2 is 2.25 bits per heavy atom. The molecule has 1 aliphatic rings. The van der Waals surface area contributed by atoms with Crippen molar-refractivity contribution in [1.29, 1.82) is 0 Å². The third-order valence-corrected chi connectivity index (χ3v) is 6.62. The van der Waals surface area contributed by atoms with Gasteiger partial charge in [0.15, 0.2) is 15.6 Å². The maximum atomic E-state index is 12.0. The van der Waals surface area contributed by atoms with Crippen LogP contribution in [-0.2, 0) is 9.84 Å². The first-order valence-corrected chi connectivity index (χ1v) is 8.33. The number of carbonyl (C=O) groups excluding carboxylic acids is 1. The van der Waals surface area contributed by atoms with E-state index in [0.717, 1.165) is 9.35 Å². The van der Waals surface area contributed by atoms with E-state index in [4.69, 9.17) is 0 Å². The monoisotopic (exact) mass is 322 g/mol. The van der Waals surface area contributed by atoms with Crippen molar-refractivity contribution in [2.24, 2.45) is 5.92 Å². The van der Waals surface area contributed by atoms with Crippen LogP contribution in [0.1, 0.15) is 21.0 Å². The van der Waals surface area contributed by atoms with Crippen molar-refractivity contribution in [3.05, 3.63) is 20.3 Å². The highest BCUT2D eigenvalue weighted by Crippen LogP contribution is 2.30. The molecule has 0 amide bonds. The molecule has 1 aliphatic heterocycles. The highest BCUT2D eigenvalue weighted by Gasteiger charge is 2.34. The average Bonchev–Trinajstić information content (AvgIpc) is 2.70. The summed E-state index contributed by atoms with van der Waals surface area (Å²) in [5, 5.41) is 0. The summed E-state index contributed by atoms with van der Waals surface area (Å²) in [5.41, 5.74) is 0. The maximum Gasteiger partial charge on any atom is 0.176 e. The van der Waals surface area contributed by atoms with Gasteiger partial charge in [-0.05, 0) is 35.3 Å². The second-order valence-corrected chi connectivity index (χ2v) is 8.32. The molecule has 0 aromatic carbocycles. The van der Waals surface area contributed by atoms with Gasteiger partial charge in [-0.2, -0.15) is 0 Å². The summed E-state index contributed by atoms with van der Waals surface area (Å²) in [6, 6.07) is 1.78. The van der Waals surface area contributed by atoms with Crippen molar-refractivity contribution in [3.8, 4) is 0 Å². The minimum Gasteiger partial charge on any atom is -0.293 e. The normalized spacial score (nSPS) is 23.5. The van der Waals surface area contributed by atoms with Gasteiger partial charge in [0, 0.05) is 15.3 Å². The highest BCUT2D eigenvalue weighted by atomic mass is 79.9. The van der Waals surface area contributed by atoms with Gasteiger partial charge in [0.05, 0.1) is 16.4 Å². The Hall–Kier alpha value is -0.200. The molecule has 0 saturated carbocycles. The molecular formula is C10H11BrO3S2.